The van der Waals surface area contributed by atoms with Crippen molar-refractivity contribution in [3.8, 4) is 23.2 Å². The Morgan fingerprint density at radius 3 is 2.71 bits per heavy atom. The van der Waals surface area contributed by atoms with Crippen LogP contribution in [0.25, 0.3) is 11.4 Å². The van der Waals surface area contributed by atoms with Crippen LogP contribution in [-0.4, -0.2) is 15.1 Å². The summed E-state index contributed by atoms with van der Waals surface area (Å²) in [6, 6.07) is 8.51. The highest BCUT2D eigenvalue weighted by atomic mass is 16.3. The van der Waals surface area contributed by atoms with Gasteiger partial charge >= 0.3 is 0 Å². The molecule has 17 heavy (non-hydrogen) atoms. The van der Waals surface area contributed by atoms with Crippen LogP contribution in [0.5, 0.6) is 5.75 Å². The van der Waals surface area contributed by atoms with E-state index in [0.717, 1.165) is 0 Å². The minimum Gasteiger partial charge on any atom is -0.508 e. The Labute approximate surface area is 98.2 Å². The lowest BCUT2D eigenvalue weighted by atomic mass is 10.1. The van der Waals surface area contributed by atoms with Gasteiger partial charge in [-0.2, -0.15) is 5.26 Å². The number of nitrogen functional groups attached to an aromatic ring is 1. The molecule has 5 nitrogen and oxygen atoms in total. The summed E-state index contributed by atoms with van der Waals surface area (Å²) in [6.07, 6.45) is 0. The minimum absolute atomic E-state index is 0.131. The van der Waals surface area contributed by atoms with Crippen molar-refractivity contribution < 1.29 is 5.11 Å². The first-order valence-electron chi connectivity index (χ1n) is 4.95. The molecule has 0 unspecified atom stereocenters. The molecule has 1 heterocycles. The molecule has 1 aromatic heterocycles. The molecular weight excluding hydrogens is 216 g/mol. The molecule has 0 spiro atoms. The molecule has 0 radical (unpaired) electrons. The van der Waals surface area contributed by atoms with Gasteiger partial charge in [0.1, 0.15) is 23.2 Å². The van der Waals surface area contributed by atoms with Gasteiger partial charge in [-0.1, -0.05) is 12.1 Å². The van der Waals surface area contributed by atoms with Crippen LogP contribution in [0.3, 0.4) is 0 Å². The molecule has 84 valence electrons. The van der Waals surface area contributed by atoms with Crippen molar-refractivity contribution in [1.82, 2.24) is 9.97 Å². The van der Waals surface area contributed by atoms with Gasteiger partial charge in [0.15, 0.2) is 5.82 Å². The highest BCUT2D eigenvalue weighted by molar-refractivity contribution is 5.62. The number of nitrogens with zero attached hydrogens (tertiary/aromatic N) is 3. The Hall–Kier alpha value is -2.61. The van der Waals surface area contributed by atoms with Crippen LogP contribution < -0.4 is 5.73 Å². The van der Waals surface area contributed by atoms with Crippen LogP contribution in [0.4, 0.5) is 5.82 Å². The second-order valence-electron chi connectivity index (χ2n) is 3.55. The largest absolute Gasteiger partial charge is 0.508 e. The Kier molecular flexibility index (Phi) is 2.63. The van der Waals surface area contributed by atoms with Crippen LogP contribution in [0.15, 0.2) is 24.3 Å². The third-order valence-corrected chi connectivity index (χ3v) is 2.33. The second kappa shape index (κ2) is 4.10. The number of benzene rings is 1. The Morgan fingerprint density at radius 1 is 1.35 bits per heavy atom. The standard InChI is InChI=1S/C12H10N4O/c1-7-10(6-13)11(14)16-12(15-7)8-3-2-4-9(17)5-8/h2-5,17H,1H3,(H2,14,15,16). The summed E-state index contributed by atoms with van der Waals surface area (Å²) in [7, 11) is 0. The van der Waals surface area contributed by atoms with Crippen LogP contribution in [-0.2, 0) is 0 Å². The zero-order valence-electron chi connectivity index (χ0n) is 9.18. The predicted octanol–water partition coefficient (Wildman–Crippen LogP) is 1.61. The van der Waals surface area contributed by atoms with E-state index in [2.05, 4.69) is 9.97 Å². The van der Waals surface area contributed by atoms with Crippen molar-refractivity contribution in [1.29, 1.82) is 5.26 Å². The number of phenols is 1. The van der Waals surface area contributed by atoms with Crippen molar-refractivity contribution in [3.05, 3.63) is 35.5 Å². The summed E-state index contributed by atoms with van der Waals surface area (Å²) in [6.45, 7) is 1.70. The van der Waals surface area contributed by atoms with Gasteiger partial charge in [-0.05, 0) is 19.1 Å². The quantitative estimate of drug-likeness (QED) is 0.770. The first-order valence-corrected chi connectivity index (χ1v) is 4.95. The van der Waals surface area contributed by atoms with Crippen molar-refractivity contribution in [2.75, 3.05) is 5.73 Å². The first kappa shape index (κ1) is 10.9. The highest BCUT2D eigenvalue weighted by Gasteiger charge is 2.10. The molecule has 0 atom stereocenters. The normalized spacial score (nSPS) is 9.88. The van der Waals surface area contributed by atoms with Crippen molar-refractivity contribution in [2.45, 2.75) is 6.92 Å². The maximum Gasteiger partial charge on any atom is 0.161 e. The van der Waals surface area contributed by atoms with Gasteiger partial charge in [0.05, 0.1) is 5.69 Å². The molecule has 0 saturated carbocycles. The molecule has 0 aliphatic rings. The maximum absolute atomic E-state index is 9.37. The van der Waals surface area contributed by atoms with E-state index in [1.807, 2.05) is 6.07 Å². The number of aromatic nitrogens is 2. The molecule has 0 fully saturated rings. The van der Waals surface area contributed by atoms with Gasteiger partial charge in [-0.25, -0.2) is 9.97 Å². The van der Waals surface area contributed by atoms with Crippen LogP contribution >= 0.6 is 0 Å². The van der Waals surface area contributed by atoms with E-state index in [1.54, 1.807) is 31.2 Å². The number of rotatable bonds is 1. The molecule has 3 N–H and O–H groups in total. The molecule has 1 aromatic carbocycles. The average molecular weight is 226 g/mol. The highest BCUT2D eigenvalue weighted by Crippen LogP contribution is 2.22. The fourth-order valence-corrected chi connectivity index (χ4v) is 1.51. The Balaban J connectivity index is 2.59. The third-order valence-electron chi connectivity index (χ3n) is 2.33. The fourth-order valence-electron chi connectivity index (χ4n) is 1.51. The summed E-state index contributed by atoms with van der Waals surface area (Å²) in [4.78, 5) is 8.24. The number of nitrogens with two attached hydrogens (primary N) is 1. The van der Waals surface area contributed by atoms with Gasteiger partial charge in [-0.3, -0.25) is 0 Å². The molecule has 2 rings (SSSR count). The number of hydrogen-bond acceptors (Lipinski definition) is 5. The molecule has 0 aliphatic carbocycles. The van der Waals surface area contributed by atoms with Crippen LogP contribution in [0.2, 0.25) is 0 Å². The fraction of sp³-hybridized carbons (Fsp3) is 0.0833. The van der Waals surface area contributed by atoms with Crippen molar-refractivity contribution >= 4 is 5.82 Å². The minimum atomic E-state index is 0.131. The first-order chi connectivity index (χ1) is 8.11. The van der Waals surface area contributed by atoms with E-state index >= 15 is 0 Å². The molecule has 0 bridgehead atoms. The van der Waals surface area contributed by atoms with E-state index < -0.39 is 0 Å². The molecule has 0 saturated heterocycles. The number of phenolic OH excluding ortho intramolecular Hbond substituents is 1. The number of anilines is 1. The number of aromatic hydroxyl groups is 1. The Morgan fingerprint density at radius 2 is 2.12 bits per heavy atom. The van der Waals surface area contributed by atoms with Crippen molar-refractivity contribution in [3.63, 3.8) is 0 Å². The van der Waals surface area contributed by atoms with E-state index in [9.17, 15) is 5.11 Å². The maximum atomic E-state index is 9.37. The van der Waals surface area contributed by atoms with Gasteiger partial charge in [0.2, 0.25) is 0 Å². The summed E-state index contributed by atoms with van der Waals surface area (Å²) >= 11 is 0. The average Bonchev–Trinajstić information content (AvgIpc) is 2.28. The monoisotopic (exact) mass is 226 g/mol. The summed E-state index contributed by atoms with van der Waals surface area (Å²) in [5.74, 6) is 0.680. The van der Waals surface area contributed by atoms with E-state index in [4.69, 9.17) is 11.0 Å². The lowest BCUT2D eigenvalue weighted by Gasteiger charge is -2.05. The van der Waals surface area contributed by atoms with E-state index in [1.165, 1.54) is 0 Å². The van der Waals surface area contributed by atoms with Crippen LogP contribution in [0.1, 0.15) is 11.3 Å². The third kappa shape index (κ3) is 2.01. The topological polar surface area (TPSA) is 95.8 Å². The zero-order chi connectivity index (χ0) is 12.4. The summed E-state index contributed by atoms with van der Waals surface area (Å²) in [5, 5.41) is 18.2. The van der Waals surface area contributed by atoms with Gasteiger partial charge in [0.25, 0.3) is 0 Å². The summed E-state index contributed by atoms with van der Waals surface area (Å²) in [5.41, 5.74) is 7.14. The van der Waals surface area contributed by atoms with Crippen molar-refractivity contribution in [2.24, 2.45) is 0 Å². The van der Waals surface area contributed by atoms with Gasteiger partial charge < -0.3 is 10.8 Å². The molecule has 0 amide bonds. The molecule has 5 heteroatoms. The second-order valence-corrected chi connectivity index (χ2v) is 3.55. The van der Waals surface area contributed by atoms with E-state index in [-0.39, 0.29) is 17.1 Å². The smallest absolute Gasteiger partial charge is 0.161 e. The molecular formula is C12H10N4O. The van der Waals surface area contributed by atoms with E-state index in [0.29, 0.717) is 17.1 Å². The van der Waals surface area contributed by atoms with Gasteiger partial charge in [0, 0.05) is 5.56 Å². The Bertz CT molecular complexity index is 593. The lowest BCUT2D eigenvalue weighted by Crippen LogP contribution is -2.02. The number of nitriles is 1. The molecule has 0 aliphatic heterocycles. The SMILES string of the molecule is Cc1nc(-c2cccc(O)c2)nc(N)c1C#N. The summed E-state index contributed by atoms with van der Waals surface area (Å²) < 4.78 is 0. The zero-order valence-corrected chi connectivity index (χ0v) is 9.18. The number of aryl methyl sites for hydroxylation is 1. The number of hydrogen-bond donors (Lipinski definition) is 2. The van der Waals surface area contributed by atoms with Gasteiger partial charge in [-0.15, -0.1) is 0 Å². The van der Waals surface area contributed by atoms with Crippen LogP contribution in [0, 0.1) is 18.3 Å². The molecule has 2 aromatic rings. The predicted molar refractivity (Wildman–Crippen MR) is 63.0 cm³/mol. The lowest BCUT2D eigenvalue weighted by molar-refractivity contribution is 0.475.